The van der Waals surface area contributed by atoms with Gasteiger partial charge in [0.25, 0.3) is 0 Å². The summed E-state index contributed by atoms with van der Waals surface area (Å²) in [6, 6.07) is 0. The maximum Gasteiger partial charge on any atom is 0.342 e. The fraction of sp³-hybridized carbons (Fsp3) is 0.857. The van der Waals surface area contributed by atoms with Crippen molar-refractivity contribution in [3.63, 3.8) is 0 Å². The van der Waals surface area contributed by atoms with Crippen molar-refractivity contribution < 1.29 is 28.6 Å². The van der Waals surface area contributed by atoms with E-state index in [0.717, 1.165) is 7.11 Å². The van der Waals surface area contributed by atoms with Crippen LogP contribution in [0.1, 0.15) is 13.8 Å². The highest BCUT2D eigenvalue weighted by molar-refractivity contribution is 7.53. The minimum Gasteiger partial charge on any atom is -0.468 e. The van der Waals surface area contributed by atoms with E-state index in [1.807, 2.05) is 0 Å². The van der Waals surface area contributed by atoms with Crippen LogP contribution < -0.4 is 0 Å². The Bertz CT molecular complexity index is 255. The minimum atomic E-state index is -4.59. The number of ether oxygens (including phenoxy) is 2. The summed E-state index contributed by atoms with van der Waals surface area (Å²) >= 11 is 0. The predicted octanol–water partition coefficient (Wildman–Crippen LogP) is 0.131. The van der Waals surface area contributed by atoms with Crippen LogP contribution in [-0.2, 0) is 18.8 Å². The smallest absolute Gasteiger partial charge is 0.342 e. The Labute approximate surface area is 82.4 Å². The van der Waals surface area contributed by atoms with Gasteiger partial charge in [0.15, 0.2) is 5.66 Å². The molecule has 2 N–H and O–H groups in total. The summed E-state index contributed by atoms with van der Waals surface area (Å²) in [5.41, 5.74) is -2.88. The molecule has 0 aromatic carbocycles. The molecular weight excluding hydrogens is 211 g/mol. The lowest BCUT2D eigenvalue weighted by atomic mass is 10.1. The van der Waals surface area contributed by atoms with Gasteiger partial charge in [-0.1, -0.05) is 0 Å². The lowest BCUT2D eigenvalue weighted by molar-refractivity contribution is -0.146. The topological polar surface area (TPSA) is 93.1 Å². The third-order valence-corrected chi connectivity index (χ3v) is 3.45. The number of hydrogen-bond donors (Lipinski definition) is 2. The number of carbonyl (C=O) groups excluding carboxylic acids is 1. The fourth-order valence-corrected chi connectivity index (χ4v) is 2.34. The first kappa shape index (κ1) is 13.6. The van der Waals surface area contributed by atoms with E-state index in [0.29, 0.717) is 0 Å². The maximum atomic E-state index is 11.2. The third-order valence-electron chi connectivity index (χ3n) is 1.95. The molecule has 0 aromatic heterocycles. The Balaban J connectivity index is 5.13. The first-order chi connectivity index (χ1) is 6.16. The summed E-state index contributed by atoms with van der Waals surface area (Å²) in [5, 5.41) is 0. The van der Waals surface area contributed by atoms with Gasteiger partial charge >= 0.3 is 13.6 Å². The molecule has 1 unspecified atom stereocenters. The molecule has 0 radical (unpaired) electrons. The molecule has 0 bridgehead atoms. The SMILES string of the molecule is COC(=O)C(C(C)(C)OC)P(=O)(O)O. The van der Waals surface area contributed by atoms with Crippen molar-refractivity contribution in [2.45, 2.75) is 25.1 Å². The third kappa shape index (κ3) is 3.06. The number of hydrogen-bond acceptors (Lipinski definition) is 4. The summed E-state index contributed by atoms with van der Waals surface area (Å²) in [6.45, 7) is 2.82. The van der Waals surface area contributed by atoms with E-state index in [1.165, 1.54) is 21.0 Å². The van der Waals surface area contributed by atoms with E-state index in [2.05, 4.69) is 4.74 Å². The first-order valence-electron chi connectivity index (χ1n) is 3.85. The zero-order chi connectivity index (χ0) is 11.6. The molecule has 0 aliphatic rings. The second kappa shape index (κ2) is 4.40. The Morgan fingerprint density at radius 3 is 2.00 bits per heavy atom. The normalized spacial score (nSPS) is 15.0. The van der Waals surface area contributed by atoms with Crippen LogP contribution in [0.5, 0.6) is 0 Å². The molecule has 0 rings (SSSR count). The summed E-state index contributed by atoms with van der Waals surface area (Å²) in [4.78, 5) is 29.1. The Morgan fingerprint density at radius 1 is 1.36 bits per heavy atom. The van der Waals surface area contributed by atoms with E-state index < -0.39 is 24.8 Å². The van der Waals surface area contributed by atoms with Gasteiger partial charge in [0.05, 0.1) is 12.7 Å². The molecule has 0 fully saturated rings. The molecular formula is C7H15O6P. The van der Waals surface area contributed by atoms with E-state index >= 15 is 0 Å². The summed E-state index contributed by atoms with van der Waals surface area (Å²) in [7, 11) is -2.25. The van der Waals surface area contributed by atoms with Crippen LogP contribution in [0.15, 0.2) is 0 Å². The number of methoxy groups -OCH3 is 2. The number of rotatable bonds is 4. The average Bonchev–Trinajstić information content (AvgIpc) is 2.01. The molecule has 7 heteroatoms. The van der Waals surface area contributed by atoms with Gasteiger partial charge in [0.2, 0.25) is 0 Å². The molecule has 0 heterocycles. The second-order valence-electron chi connectivity index (χ2n) is 3.32. The van der Waals surface area contributed by atoms with Gasteiger partial charge in [0, 0.05) is 7.11 Å². The van der Waals surface area contributed by atoms with Crippen LogP contribution in [0.2, 0.25) is 0 Å². The molecule has 14 heavy (non-hydrogen) atoms. The molecule has 0 aliphatic carbocycles. The maximum absolute atomic E-state index is 11.2. The van der Waals surface area contributed by atoms with Gasteiger partial charge in [-0.15, -0.1) is 0 Å². The molecule has 1 atom stereocenters. The summed E-state index contributed by atoms with van der Waals surface area (Å²) in [5.74, 6) is -0.981. The van der Waals surface area contributed by atoms with Crippen LogP contribution in [0.3, 0.4) is 0 Å². The van der Waals surface area contributed by atoms with E-state index in [-0.39, 0.29) is 0 Å². The zero-order valence-electron chi connectivity index (χ0n) is 8.55. The summed E-state index contributed by atoms with van der Waals surface area (Å²) < 4.78 is 20.2. The lowest BCUT2D eigenvalue weighted by Gasteiger charge is -2.30. The molecule has 0 saturated carbocycles. The zero-order valence-corrected chi connectivity index (χ0v) is 9.45. The van der Waals surface area contributed by atoms with Gasteiger partial charge in [-0.3, -0.25) is 9.36 Å². The average molecular weight is 226 g/mol. The molecule has 0 aromatic rings. The monoisotopic (exact) mass is 226 g/mol. The van der Waals surface area contributed by atoms with Crippen molar-refractivity contribution in [2.24, 2.45) is 0 Å². The van der Waals surface area contributed by atoms with E-state index in [4.69, 9.17) is 14.5 Å². The molecule has 0 aliphatic heterocycles. The highest BCUT2D eigenvalue weighted by Crippen LogP contribution is 2.47. The fourth-order valence-electron chi connectivity index (χ4n) is 1.05. The van der Waals surface area contributed by atoms with Crippen LogP contribution in [0.25, 0.3) is 0 Å². The molecule has 84 valence electrons. The Morgan fingerprint density at radius 2 is 1.79 bits per heavy atom. The van der Waals surface area contributed by atoms with Crippen LogP contribution in [0, 0.1) is 0 Å². The van der Waals surface area contributed by atoms with Crippen molar-refractivity contribution in [3.8, 4) is 0 Å². The predicted molar refractivity (Wildman–Crippen MR) is 48.9 cm³/mol. The van der Waals surface area contributed by atoms with Crippen molar-refractivity contribution in [1.29, 1.82) is 0 Å². The minimum absolute atomic E-state index is 0.981. The molecule has 0 amide bonds. The van der Waals surface area contributed by atoms with Crippen molar-refractivity contribution >= 4 is 13.6 Å². The summed E-state index contributed by atoms with van der Waals surface area (Å²) in [6.07, 6.45) is 0. The van der Waals surface area contributed by atoms with Crippen molar-refractivity contribution in [2.75, 3.05) is 14.2 Å². The van der Waals surface area contributed by atoms with Crippen LogP contribution >= 0.6 is 7.60 Å². The number of esters is 1. The first-order valence-corrected chi connectivity index (χ1v) is 5.53. The van der Waals surface area contributed by atoms with Gasteiger partial charge in [-0.25, -0.2) is 0 Å². The van der Waals surface area contributed by atoms with E-state index in [9.17, 15) is 9.36 Å². The highest BCUT2D eigenvalue weighted by Gasteiger charge is 2.48. The quantitative estimate of drug-likeness (QED) is 0.522. The Kier molecular flexibility index (Phi) is 4.27. The van der Waals surface area contributed by atoms with Gasteiger partial charge < -0.3 is 19.3 Å². The molecule has 0 saturated heterocycles. The number of carbonyl (C=O) groups is 1. The van der Waals surface area contributed by atoms with E-state index in [1.54, 1.807) is 0 Å². The molecule has 6 nitrogen and oxygen atoms in total. The van der Waals surface area contributed by atoms with Crippen LogP contribution in [-0.4, -0.2) is 41.2 Å². The van der Waals surface area contributed by atoms with Crippen LogP contribution in [0.4, 0.5) is 0 Å². The molecule has 0 spiro atoms. The largest absolute Gasteiger partial charge is 0.468 e. The van der Waals surface area contributed by atoms with Gasteiger partial charge in [0.1, 0.15) is 0 Å². The van der Waals surface area contributed by atoms with Gasteiger partial charge in [-0.2, -0.15) is 0 Å². The highest BCUT2D eigenvalue weighted by atomic mass is 31.2. The van der Waals surface area contributed by atoms with Crippen molar-refractivity contribution in [1.82, 2.24) is 0 Å². The second-order valence-corrected chi connectivity index (χ2v) is 5.02. The van der Waals surface area contributed by atoms with Crippen molar-refractivity contribution in [3.05, 3.63) is 0 Å². The Hall–Kier alpha value is -0.420. The van der Waals surface area contributed by atoms with Gasteiger partial charge in [-0.05, 0) is 13.8 Å². The lowest BCUT2D eigenvalue weighted by Crippen LogP contribution is -2.44. The standard InChI is InChI=1S/C7H15O6P/c1-7(2,13-4)5(6(8)12-3)14(9,10)11/h5H,1-4H3,(H2,9,10,11).